The van der Waals surface area contributed by atoms with E-state index in [-0.39, 0.29) is 0 Å². The molecule has 1 aromatic heterocycles. The number of imidazole rings is 1. The first-order valence-electron chi connectivity index (χ1n) is 6.34. The first-order valence-corrected chi connectivity index (χ1v) is 6.34. The summed E-state index contributed by atoms with van der Waals surface area (Å²) < 4.78 is 39.9. The molecule has 0 aliphatic heterocycles. The molecule has 0 spiro atoms. The zero-order valence-corrected chi connectivity index (χ0v) is 11.1. The molecule has 0 bridgehead atoms. The van der Waals surface area contributed by atoms with Gasteiger partial charge in [-0.1, -0.05) is 12.1 Å². The second-order valence-corrected chi connectivity index (χ2v) is 4.56. The van der Waals surface area contributed by atoms with Crippen LogP contribution in [0.5, 0.6) is 0 Å². The van der Waals surface area contributed by atoms with Crippen LogP contribution in [0.25, 0.3) is 0 Å². The summed E-state index contributed by atoms with van der Waals surface area (Å²) in [6, 6.07) is 4.63. The Kier molecular flexibility index (Phi) is 4.13. The summed E-state index contributed by atoms with van der Waals surface area (Å²) in [5.74, 6) is 0.775. The van der Waals surface area contributed by atoms with Crippen molar-refractivity contribution in [1.82, 2.24) is 9.55 Å². The van der Waals surface area contributed by atoms with Gasteiger partial charge in [-0.15, -0.1) is 0 Å². The van der Waals surface area contributed by atoms with Crippen molar-refractivity contribution in [3.05, 3.63) is 53.6 Å². The van der Waals surface area contributed by atoms with Crippen LogP contribution in [0.15, 0.2) is 36.7 Å². The van der Waals surface area contributed by atoms with E-state index in [1.165, 1.54) is 6.07 Å². The fraction of sp³-hybridized carbons (Fsp3) is 0.357. The Morgan fingerprint density at radius 2 is 2.10 bits per heavy atom. The smallest absolute Gasteiger partial charge is 0.335 e. The van der Waals surface area contributed by atoms with Crippen LogP contribution in [0.3, 0.4) is 0 Å². The van der Waals surface area contributed by atoms with E-state index in [1.54, 1.807) is 12.3 Å². The SMILES string of the molecule is CCn1ccnc1CC(N)c1cccc(C(F)(F)F)c1. The largest absolute Gasteiger partial charge is 0.416 e. The van der Waals surface area contributed by atoms with Crippen LogP contribution >= 0.6 is 0 Å². The molecule has 20 heavy (non-hydrogen) atoms. The Bertz CT molecular complexity index is 575. The first kappa shape index (κ1) is 14.6. The average Bonchev–Trinajstić information content (AvgIpc) is 2.85. The molecule has 0 aliphatic carbocycles. The van der Waals surface area contributed by atoms with E-state index in [0.717, 1.165) is 24.5 Å². The van der Waals surface area contributed by atoms with Crippen LogP contribution in [0.1, 0.15) is 29.9 Å². The highest BCUT2D eigenvalue weighted by Gasteiger charge is 2.30. The van der Waals surface area contributed by atoms with Crippen molar-refractivity contribution in [3.63, 3.8) is 0 Å². The summed E-state index contributed by atoms with van der Waals surface area (Å²) in [5, 5.41) is 0. The third-order valence-electron chi connectivity index (χ3n) is 3.19. The van der Waals surface area contributed by atoms with Gasteiger partial charge < -0.3 is 10.3 Å². The Hall–Kier alpha value is -1.82. The second-order valence-electron chi connectivity index (χ2n) is 4.56. The Morgan fingerprint density at radius 1 is 1.35 bits per heavy atom. The van der Waals surface area contributed by atoms with E-state index >= 15 is 0 Å². The van der Waals surface area contributed by atoms with Gasteiger partial charge >= 0.3 is 6.18 Å². The molecule has 2 aromatic rings. The van der Waals surface area contributed by atoms with Crippen LogP contribution in [-0.2, 0) is 19.1 Å². The number of hydrogen-bond donors (Lipinski definition) is 1. The van der Waals surface area contributed by atoms with Gasteiger partial charge in [0.15, 0.2) is 0 Å². The van der Waals surface area contributed by atoms with Gasteiger partial charge in [0.05, 0.1) is 5.56 Å². The third-order valence-corrected chi connectivity index (χ3v) is 3.19. The van der Waals surface area contributed by atoms with Gasteiger partial charge in [-0.3, -0.25) is 0 Å². The third kappa shape index (κ3) is 3.19. The molecular formula is C14H16F3N3. The predicted molar refractivity (Wildman–Crippen MR) is 70.0 cm³/mol. The summed E-state index contributed by atoms with van der Waals surface area (Å²) in [6.07, 6.45) is -0.453. The Labute approximate surface area is 115 Å². The van der Waals surface area contributed by atoms with E-state index in [1.807, 2.05) is 17.7 Å². The lowest BCUT2D eigenvalue weighted by Crippen LogP contribution is -2.17. The number of halogens is 3. The van der Waals surface area contributed by atoms with Crippen molar-refractivity contribution >= 4 is 0 Å². The maximum absolute atomic E-state index is 12.7. The quantitative estimate of drug-likeness (QED) is 0.936. The minimum absolute atomic E-state index is 0.405. The van der Waals surface area contributed by atoms with E-state index in [0.29, 0.717) is 12.0 Å². The number of nitrogens with two attached hydrogens (primary N) is 1. The molecular weight excluding hydrogens is 267 g/mol. The molecule has 0 radical (unpaired) electrons. The van der Waals surface area contributed by atoms with Crippen molar-refractivity contribution in [3.8, 4) is 0 Å². The highest BCUT2D eigenvalue weighted by molar-refractivity contribution is 5.28. The molecule has 1 aromatic carbocycles. The highest BCUT2D eigenvalue weighted by atomic mass is 19.4. The summed E-state index contributed by atoms with van der Waals surface area (Å²) in [5.41, 5.74) is 5.79. The van der Waals surface area contributed by atoms with Gasteiger partial charge in [0.1, 0.15) is 5.82 Å². The van der Waals surface area contributed by atoms with Crippen LogP contribution in [0, 0.1) is 0 Å². The topological polar surface area (TPSA) is 43.8 Å². The maximum atomic E-state index is 12.7. The molecule has 6 heteroatoms. The first-order chi connectivity index (χ1) is 9.41. The molecule has 2 rings (SSSR count). The zero-order valence-electron chi connectivity index (χ0n) is 11.1. The molecule has 0 amide bonds. The summed E-state index contributed by atoms with van der Waals surface area (Å²) in [4.78, 5) is 4.18. The van der Waals surface area contributed by atoms with E-state index in [9.17, 15) is 13.2 Å². The molecule has 0 saturated heterocycles. The number of rotatable bonds is 4. The van der Waals surface area contributed by atoms with Crippen LogP contribution in [0.4, 0.5) is 13.2 Å². The molecule has 0 aliphatic rings. The normalized spacial score (nSPS) is 13.4. The van der Waals surface area contributed by atoms with Crippen molar-refractivity contribution in [1.29, 1.82) is 0 Å². The van der Waals surface area contributed by atoms with E-state index < -0.39 is 17.8 Å². The lowest BCUT2D eigenvalue weighted by Gasteiger charge is -2.15. The number of nitrogens with zero attached hydrogens (tertiary/aromatic N) is 2. The Morgan fingerprint density at radius 3 is 2.75 bits per heavy atom. The molecule has 1 unspecified atom stereocenters. The molecule has 0 saturated carbocycles. The molecule has 1 atom stereocenters. The van der Waals surface area contributed by atoms with Crippen molar-refractivity contribution < 1.29 is 13.2 Å². The summed E-state index contributed by atoms with van der Waals surface area (Å²) >= 11 is 0. The number of benzene rings is 1. The number of alkyl halides is 3. The van der Waals surface area contributed by atoms with E-state index in [4.69, 9.17) is 5.73 Å². The minimum Gasteiger partial charge on any atom is -0.335 e. The van der Waals surface area contributed by atoms with Crippen molar-refractivity contribution in [2.24, 2.45) is 5.73 Å². The van der Waals surface area contributed by atoms with Gasteiger partial charge in [-0.25, -0.2) is 4.98 Å². The van der Waals surface area contributed by atoms with Crippen molar-refractivity contribution in [2.75, 3.05) is 0 Å². The predicted octanol–water partition coefficient (Wildman–Crippen LogP) is 3.16. The second kappa shape index (κ2) is 5.66. The van der Waals surface area contributed by atoms with Crippen LogP contribution < -0.4 is 5.73 Å². The fourth-order valence-corrected chi connectivity index (χ4v) is 2.08. The number of aromatic nitrogens is 2. The molecule has 0 fully saturated rings. The Balaban J connectivity index is 2.19. The summed E-state index contributed by atoms with van der Waals surface area (Å²) in [6.45, 7) is 2.73. The lowest BCUT2D eigenvalue weighted by molar-refractivity contribution is -0.137. The molecule has 1 heterocycles. The lowest BCUT2D eigenvalue weighted by atomic mass is 10.0. The van der Waals surface area contributed by atoms with Gasteiger partial charge in [0.2, 0.25) is 0 Å². The summed E-state index contributed by atoms with van der Waals surface area (Å²) in [7, 11) is 0. The van der Waals surface area contributed by atoms with Crippen LogP contribution in [0.2, 0.25) is 0 Å². The molecule has 3 nitrogen and oxygen atoms in total. The van der Waals surface area contributed by atoms with E-state index in [2.05, 4.69) is 4.98 Å². The monoisotopic (exact) mass is 283 g/mol. The highest BCUT2D eigenvalue weighted by Crippen LogP contribution is 2.30. The maximum Gasteiger partial charge on any atom is 0.416 e. The molecule has 2 N–H and O–H groups in total. The number of hydrogen-bond acceptors (Lipinski definition) is 2. The number of aryl methyl sites for hydroxylation is 1. The van der Waals surface area contributed by atoms with Crippen LogP contribution in [-0.4, -0.2) is 9.55 Å². The van der Waals surface area contributed by atoms with Gasteiger partial charge in [0, 0.05) is 31.4 Å². The standard InChI is InChI=1S/C14H16F3N3/c1-2-20-7-6-19-13(20)9-12(18)10-4-3-5-11(8-10)14(15,16)17/h3-8,12H,2,9,18H2,1H3. The fourth-order valence-electron chi connectivity index (χ4n) is 2.08. The minimum atomic E-state index is -4.35. The van der Waals surface area contributed by atoms with Gasteiger partial charge in [0.25, 0.3) is 0 Å². The van der Waals surface area contributed by atoms with Gasteiger partial charge in [-0.2, -0.15) is 13.2 Å². The van der Waals surface area contributed by atoms with Crippen molar-refractivity contribution in [2.45, 2.75) is 32.1 Å². The van der Waals surface area contributed by atoms with Gasteiger partial charge in [-0.05, 0) is 24.6 Å². The molecule has 108 valence electrons. The average molecular weight is 283 g/mol. The zero-order chi connectivity index (χ0) is 14.8.